The van der Waals surface area contributed by atoms with E-state index in [0.29, 0.717) is 11.6 Å². The van der Waals surface area contributed by atoms with Crippen LogP contribution in [0.25, 0.3) is 11.1 Å². The molecule has 0 bridgehead atoms. The highest BCUT2D eigenvalue weighted by molar-refractivity contribution is 6.09. The lowest BCUT2D eigenvalue weighted by Crippen LogP contribution is -2.66. The average Bonchev–Trinajstić information content (AvgIpc) is 3.48. The molecule has 0 aliphatic carbocycles. The maximum Gasteiger partial charge on any atom is 0.240 e. The summed E-state index contributed by atoms with van der Waals surface area (Å²) in [6.45, 7) is 3.76. The second-order valence-corrected chi connectivity index (χ2v) is 9.25. The van der Waals surface area contributed by atoms with E-state index in [9.17, 15) is 4.79 Å². The largest absolute Gasteiger partial charge is 0.315 e. The van der Waals surface area contributed by atoms with Crippen molar-refractivity contribution in [3.63, 3.8) is 0 Å². The molecule has 0 radical (unpaired) electrons. The summed E-state index contributed by atoms with van der Waals surface area (Å²) in [5.74, 6) is -0.207. The molecule has 1 aromatic heterocycles. The summed E-state index contributed by atoms with van der Waals surface area (Å²) >= 11 is 0. The number of aromatic nitrogens is 2. The van der Waals surface area contributed by atoms with Crippen LogP contribution in [0.1, 0.15) is 17.5 Å². The molecule has 4 heterocycles. The van der Waals surface area contributed by atoms with Gasteiger partial charge in [-0.2, -0.15) is 5.10 Å². The number of carbonyl (C=O) groups excluding carboxylic acids is 1. The lowest BCUT2D eigenvalue weighted by Gasteiger charge is -2.49. The van der Waals surface area contributed by atoms with Crippen LogP contribution in [-0.4, -0.2) is 52.8 Å². The zero-order valence-corrected chi connectivity index (χ0v) is 18.1. The molecule has 6 rings (SSSR count). The van der Waals surface area contributed by atoms with E-state index in [1.54, 1.807) is 21.8 Å². The first kappa shape index (κ1) is 19.6. The lowest BCUT2D eigenvalue weighted by molar-refractivity contribution is -0.130. The molecule has 7 heteroatoms. The topological polar surface area (TPSA) is 53.4 Å². The van der Waals surface area contributed by atoms with Crippen LogP contribution >= 0.6 is 0 Å². The third kappa shape index (κ3) is 2.92. The SMILES string of the molecule is Cn1cc(-c2ccc(CN3C(=O)C4(CN(C5CCNC5)C4)c4ccccc43)c(F)c2)cn1. The number of nitrogens with one attached hydrogen (secondary N) is 1. The summed E-state index contributed by atoms with van der Waals surface area (Å²) in [6, 6.07) is 13.7. The van der Waals surface area contributed by atoms with Crippen LogP contribution < -0.4 is 10.2 Å². The van der Waals surface area contributed by atoms with Gasteiger partial charge in [0.25, 0.3) is 0 Å². The van der Waals surface area contributed by atoms with Crippen LogP contribution in [-0.2, 0) is 23.8 Å². The van der Waals surface area contributed by atoms with Crippen molar-refractivity contribution in [2.75, 3.05) is 31.1 Å². The highest BCUT2D eigenvalue weighted by Crippen LogP contribution is 2.48. The molecule has 0 saturated carbocycles. The number of benzene rings is 2. The number of hydrogen-bond donors (Lipinski definition) is 1. The van der Waals surface area contributed by atoms with E-state index in [-0.39, 0.29) is 18.3 Å². The van der Waals surface area contributed by atoms with Crippen molar-refractivity contribution in [1.29, 1.82) is 0 Å². The van der Waals surface area contributed by atoms with E-state index in [0.717, 1.165) is 55.0 Å². The monoisotopic (exact) mass is 431 g/mol. The van der Waals surface area contributed by atoms with Crippen molar-refractivity contribution in [3.8, 4) is 11.1 Å². The summed E-state index contributed by atoms with van der Waals surface area (Å²) in [7, 11) is 1.84. The predicted octanol–water partition coefficient (Wildman–Crippen LogP) is 2.69. The fraction of sp³-hybridized carbons (Fsp3) is 0.360. The van der Waals surface area contributed by atoms with Gasteiger partial charge in [-0.3, -0.25) is 14.4 Å². The van der Waals surface area contributed by atoms with Crippen LogP contribution in [0.2, 0.25) is 0 Å². The third-order valence-corrected chi connectivity index (χ3v) is 7.28. The van der Waals surface area contributed by atoms with Crippen molar-refractivity contribution in [2.45, 2.75) is 24.4 Å². The number of carbonyl (C=O) groups is 1. The molecule has 2 fully saturated rings. The van der Waals surface area contributed by atoms with E-state index in [1.807, 2.05) is 37.5 Å². The molecule has 3 aliphatic heterocycles. The van der Waals surface area contributed by atoms with Crippen LogP contribution in [0.4, 0.5) is 10.1 Å². The second-order valence-electron chi connectivity index (χ2n) is 9.25. The summed E-state index contributed by atoms with van der Waals surface area (Å²) in [6.07, 6.45) is 4.71. The van der Waals surface area contributed by atoms with Gasteiger partial charge in [-0.05, 0) is 36.2 Å². The molecule has 1 unspecified atom stereocenters. The highest BCUT2D eigenvalue weighted by atomic mass is 19.1. The van der Waals surface area contributed by atoms with E-state index in [1.165, 1.54) is 6.07 Å². The standard InChI is InChI=1S/C25H26FN5O/c1-29-13-19(11-28-29)17-6-7-18(22(26)10-17)14-31-23-5-3-2-4-21(23)25(24(31)32)15-30(16-25)20-8-9-27-12-20/h2-7,10-11,13,20,27H,8-9,12,14-16H2,1H3. The summed E-state index contributed by atoms with van der Waals surface area (Å²) < 4.78 is 16.8. The minimum atomic E-state index is -0.495. The van der Waals surface area contributed by atoms with Gasteiger partial charge >= 0.3 is 0 Å². The third-order valence-electron chi connectivity index (χ3n) is 7.28. The first-order valence-electron chi connectivity index (χ1n) is 11.2. The quantitative estimate of drug-likeness (QED) is 0.690. The first-order valence-corrected chi connectivity index (χ1v) is 11.2. The Morgan fingerprint density at radius 3 is 2.75 bits per heavy atom. The van der Waals surface area contributed by atoms with E-state index in [4.69, 9.17) is 0 Å². The minimum absolute atomic E-state index is 0.0941. The number of nitrogens with zero attached hydrogens (tertiary/aromatic N) is 4. The Labute approximate surface area is 186 Å². The lowest BCUT2D eigenvalue weighted by atomic mass is 9.74. The normalized spacial score (nSPS) is 21.9. The van der Waals surface area contributed by atoms with Crippen molar-refractivity contribution in [1.82, 2.24) is 20.0 Å². The molecule has 2 aromatic carbocycles. The van der Waals surface area contributed by atoms with Crippen molar-refractivity contribution in [2.24, 2.45) is 7.05 Å². The van der Waals surface area contributed by atoms with E-state index < -0.39 is 5.41 Å². The van der Waals surface area contributed by atoms with Gasteiger partial charge in [-0.1, -0.05) is 30.3 Å². The Hall–Kier alpha value is -3.03. The molecule has 3 aromatic rings. The smallest absolute Gasteiger partial charge is 0.240 e. The second kappa shape index (κ2) is 7.25. The van der Waals surface area contributed by atoms with Crippen LogP contribution in [0.15, 0.2) is 54.9 Å². The maximum absolute atomic E-state index is 15.1. The Morgan fingerprint density at radius 1 is 1.19 bits per heavy atom. The molecule has 2 saturated heterocycles. The molecule has 6 nitrogen and oxygen atoms in total. The number of halogens is 1. The predicted molar refractivity (Wildman–Crippen MR) is 121 cm³/mol. The average molecular weight is 432 g/mol. The molecule has 1 amide bonds. The van der Waals surface area contributed by atoms with Gasteiger partial charge < -0.3 is 10.2 Å². The van der Waals surface area contributed by atoms with E-state index in [2.05, 4.69) is 21.4 Å². The molecular formula is C25H26FN5O. The number of amides is 1. The van der Waals surface area contributed by atoms with Gasteiger partial charge in [-0.25, -0.2) is 4.39 Å². The Bertz CT molecular complexity index is 1190. The van der Waals surface area contributed by atoms with Gasteiger partial charge in [0, 0.05) is 55.7 Å². The number of anilines is 1. The van der Waals surface area contributed by atoms with E-state index >= 15 is 4.39 Å². The first-order chi connectivity index (χ1) is 15.5. The van der Waals surface area contributed by atoms with Crippen LogP contribution in [0.5, 0.6) is 0 Å². The Balaban J connectivity index is 1.27. The minimum Gasteiger partial charge on any atom is -0.315 e. The van der Waals surface area contributed by atoms with Crippen LogP contribution in [0, 0.1) is 5.82 Å². The number of rotatable bonds is 4. The zero-order valence-electron chi connectivity index (χ0n) is 18.1. The molecule has 1 spiro atoms. The number of fused-ring (bicyclic) bond motifs is 2. The van der Waals surface area contributed by atoms with Gasteiger partial charge in [0.2, 0.25) is 5.91 Å². The number of likely N-dealkylation sites (tertiary alicyclic amines) is 1. The molecule has 32 heavy (non-hydrogen) atoms. The highest BCUT2D eigenvalue weighted by Gasteiger charge is 2.58. The molecule has 1 atom stereocenters. The number of aryl methyl sites for hydroxylation is 1. The van der Waals surface area contributed by atoms with Gasteiger partial charge in [-0.15, -0.1) is 0 Å². The Morgan fingerprint density at radius 2 is 2.03 bits per heavy atom. The summed E-state index contributed by atoms with van der Waals surface area (Å²) in [5, 5.41) is 7.58. The van der Waals surface area contributed by atoms with Crippen molar-refractivity contribution in [3.05, 3.63) is 71.8 Å². The summed E-state index contributed by atoms with van der Waals surface area (Å²) in [5.41, 5.74) is 3.68. The zero-order chi connectivity index (χ0) is 21.9. The molecule has 1 N–H and O–H groups in total. The van der Waals surface area contributed by atoms with Gasteiger partial charge in [0.15, 0.2) is 0 Å². The Kier molecular flexibility index (Phi) is 4.45. The molecule has 3 aliphatic rings. The number of hydrogen-bond acceptors (Lipinski definition) is 4. The van der Waals surface area contributed by atoms with Crippen molar-refractivity contribution < 1.29 is 9.18 Å². The van der Waals surface area contributed by atoms with Gasteiger partial charge in [0.1, 0.15) is 11.2 Å². The maximum atomic E-state index is 15.1. The fourth-order valence-corrected chi connectivity index (χ4v) is 5.51. The number of para-hydroxylation sites is 1. The summed E-state index contributed by atoms with van der Waals surface area (Å²) in [4.78, 5) is 17.9. The van der Waals surface area contributed by atoms with Crippen LogP contribution in [0.3, 0.4) is 0 Å². The van der Waals surface area contributed by atoms with Gasteiger partial charge in [0.05, 0.1) is 12.7 Å². The van der Waals surface area contributed by atoms with Crippen molar-refractivity contribution >= 4 is 11.6 Å². The molecule has 164 valence electrons. The fourth-order valence-electron chi connectivity index (χ4n) is 5.51. The molecular weight excluding hydrogens is 405 g/mol.